The molecule has 0 aliphatic rings. The van der Waals surface area contributed by atoms with Crippen LogP contribution in [0.4, 0.5) is 0 Å². The van der Waals surface area contributed by atoms with Crippen molar-refractivity contribution in [2.45, 2.75) is 32.9 Å². The fourth-order valence-corrected chi connectivity index (χ4v) is 2.34. The van der Waals surface area contributed by atoms with E-state index in [1.807, 2.05) is 19.1 Å². The van der Waals surface area contributed by atoms with Crippen molar-refractivity contribution in [1.82, 2.24) is 4.57 Å². The van der Waals surface area contributed by atoms with E-state index >= 15 is 0 Å². The minimum Gasteiger partial charge on any atom is -0.495 e. The van der Waals surface area contributed by atoms with Crippen LogP contribution in [0.5, 0.6) is 5.75 Å². The molecule has 92 valence electrons. The third-order valence-corrected chi connectivity index (χ3v) is 3.01. The van der Waals surface area contributed by atoms with E-state index in [0.29, 0.717) is 6.42 Å². The van der Waals surface area contributed by atoms with Crippen molar-refractivity contribution in [1.29, 1.82) is 0 Å². The molecule has 0 fully saturated rings. The maximum absolute atomic E-state index is 9.53. The summed E-state index contributed by atoms with van der Waals surface area (Å²) in [7, 11) is 1.69. The molecule has 0 bridgehead atoms. The highest BCUT2D eigenvalue weighted by Gasteiger charge is 2.12. The second kappa shape index (κ2) is 4.80. The summed E-state index contributed by atoms with van der Waals surface area (Å²) in [5.41, 5.74) is 2.27. The molecule has 0 radical (unpaired) electrons. The molecule has 1 unspecified atom stereocenters. The lowest BCUT2D eigenvalue weighted by Crippen LogP contribution is -2.09. The Kier molecular flexibility index (Phi) is 3.38. The molecular weight excluding hydrogens is 214 g/mol. The summed E-state index contributed by atoms with van der Waals surface area (Å²) in [5, 5.41) is 10.7. The van der Waals surface area contributed by atoms with Crippen LogP contribution in [0.1, 0.15) is 19.5 Å². The Balaban J connectivity index is 2.63. The van der Waals surface area contributed by atoms with E-state index in [-0.39, 0.29) is 6.10 Å². The van der Waals surface area contributed by atoms with Gasteiger partial charge in [0.25, 0.3) is 0 Å². The maximum atomic E-state index is 9.53. The first-order chi connectivity index (χ1) is 8.17. The minimum absolute atomic E-state index is 0.324. The number of ether oxygens (including phenoxy) is 1. The highest BCUT2D eigenvalue weighted by atomic mass is 16.5. The van der Waals surface area contributed by atoms with E-state index < -0.39 is 0 Å². The molecule has 1 N–H and O–H groups in total. The first kappa shape index (κ1) is 12.0. The Morgan fingerprint density at radius 3 is 2.76 bits per heavy atom. The number of fused-ring (bicyclic) bond motifs is 1. The van der Waals surface area contributed by atoms with Gasteiger partial charge in [-0.15, -0.1) is 0 Å². The minimum atomic E-state index is -0.324. The first-order valence-corrected chi connectivity index (χ1v) is 6.00. The van der Waals surface area contributed by atoms with Crippen LogP contribution in [0, 0.1) is 0 Å². The van der Waals surface area contributed by atoms with Gasteiger partial charge in [-0.2, -0.15) is 0 Å². The fraction of sp³-hybridized carbons (Fsp3) is 0.429. The summed E-state index contributed by atoms with van der Waals surface area (Å²) in [6.07, 6.45) is 0.349. The van der Waals surface area contributed by atoms with Crippen LogP contribution in [-0.2, 0) is 13.0 Å². The van der Waals surface area contributed by atoms with Crippen molar-refractivity contribution in [2.75, 3.05) is 7.11 Å². The number of rotatable bonds is 4. The number of nitrogens with zero attached hydrogens (tertiary/aromatic N) is 1. The number of aliphatic hydroxyl groups excluding tert-OH is 1. The van der Waals surface area contributed by atoms with Gasteiger partial charge in [0.05, 0.1) is 18.7 Å². The van der Waals surface area contributed by atoms with Gasteiger partial charge in [-0.3, -0.25) is 0 Å². The van der Waals surface area contributed by atoms with Gasteiger partial charge in [-0.05, 0) is 26.0 Å². The van der Waals surface area contributed by atoms with E-state index in [0.717, 1.165) is 23.5 Å². The van der Waals surface area contributed by atoms with Crippen molar-refractivity contribution in [3.05, 3.63) is 30.0 Å². The van der Waals surface area contributed by atoms with Gasteiger partial charge < -0.3 is 14.4 Å². The smallest absolute Gasteiger partial charge is 0.143 e. The quantitative estimate of drug-likeness (QED) is 0.880. The zero-order valence-electron chi connectivity index (χ0n) is 10.6. The highest BCUT2D eigenvalue weighted by molar-refractivity contribution is 5.87. The summed E-state index contributed by atoms with van der Waals surface area (Å²) in [5.74, 6) is 0.890. The predicted molar refractivity (Wildman–Crippen MR) is 69.5 cm³/mol. The third-order valence-electron chi connectivity index (χ3n) is 3.01. The summed E-state index contributed by atoms with van der Waals surface area (Å²) >= 11 is 0. The van der Waals surface area contributed by atoms with Crippen molar-refractivity contribution in [2.24, 2.45) is 0 Å². The fourth-order valence-electron chi connectivity index (χ4n) is 2.34. The van der Waals surface area contributed by atoms with Gasteiger partial charge in [-0.25, -0.2) is 0 Å². The number of benzene rings is 1. The lowest BCUT2D eigenvalue weighted by molar-refractivity contribution is 0.193. The van der Waals surface area contributed by atoms with Crippen molar-refractivity contribution in [3.8, 4) is 5.75 Å². The molecule has 1 aromatic heterocycles. The van der Waals surface area contributed by atoms with Gasteiger partial charge in [0.1, 0.15) is 5.75 Å². The van der Waals surface area contributed by atoms with E-state index in [1.165, 1.54) is 5.39 Å². The van der Waals surface area contributed by atoms with Gasteiger partial charge in [0.15, 0.2) is 0 Å². The van der Waals surface area contributed by atoms with Crippen molar-refractivity contribution >= 4 is 10.9 Å². The number of aliphatic hydroxyl groups is 1. The first-order valence-electron chi connectivity index (χ1n) is 6.00. The average molecular weight is 233 g/mol. The molecule has 1 atom stereocenters. The summed E-state index contributed by atoms with van der Waals surface area (Å²) in [4.78, 5) is 0. The second-order valence-corrected chi connectivity index (χ2v) is 4.33. The third kappa shape index (κ3) is 2.15. The molecule has 2 aromatic rings. The van der Waals surface area contributed by atoms with Crippen LogP contribution >= 0.6 is 0 Å². The molecule has 0 spiro atoms. The zero-order valence-corrected chi connectivity index (χ0v) is 10.6. The Morgan fingerprint density at radius 2 is 2.18 bits per heavy atom. The van der Waals surface area contributed by atoms with E-state index in [4.69, 9.17) is 4.74 Å². The monoisotopic (exact) mass is 233 g/mol. The van der Waals surface area contributed by atoms with Crippen LogP contribution in [0.15, 0.2) is 24.3 Å². The van der Waals surface area contributed by atoms with Gasteiger partial charge in [0, 0.05) is 24.0 Å². The SMILES string of the molecule is CCn1c(CC(C)O)cc2cccc(OC)c21. The Morgan fingerprint density at radius 1 is 1.41 bits per heavy atom. The standard InChI is InChI=1S/C14H19NO2/c1-4-15-12(8-10(2)16)9-11-6-5-7-13(17-3)14(11)15/h5-7,9-10,16H,4,8H2,1-3H3. The normalized spacial score (nSPS) is 12.9. The van der Waals surface area contributed by atoms with Crippen LogP contribution in [0.3, 0.4) is 0 Å². The lowest BCUT2D eigenvalue weighted by atomic mass is 10.2. The molecule has 3 heteroatoms. The molecule has 0 aliphatic heterocycles. The summed E-state index contributed by atoms with van der Waals surface area (Å²) < 4.78 is 7.61. The molecular formula is C14H19NO2. The maximum Gasteiger partial charge on any atom is 0.143 e. The molecule has 0 saturated heterocycles. The second-order valence-electron chi connectivity index (χ2n) is 4.33. The van der Waals surface area contributed by atoms with Gasteiger partial charge in [0.2, 0.25) is 0 Å². The molecule has 0 amide bonds. The van der Waals surface area contributed by atoms with E-state index in [2.05, 4.69) is 23.6 Å². The molecule has 1 aromatic carbocycles. The Labute approximate surface area is 102 Å². The van der Waals surface area contributed by atoms with Crippen molar-refractivity contribution in [3.63, 3.8) is 0 Å². The summed E-state index contributed by atoms with van der Waals surface area (Å²) in [6, 6.07) is 8.18. The van der Waals surface area contributed by atoms with Crippen LogP contribution in [0.25, 0.3) is 10.9 Å². The highest BCUT2D eigenvalue weighted by Crippen LogP contribution is 2.29. The average Bonchev–Trinajstić information content (AvgIpc) is 2.64. The van der Waals surface area contributed by atoms with Crippen LogP contribution in [0.2, 0.25) is 0 Å². The number of hydrogen-bond acceptors (Lipinski definition) is 2. The molecule has 0 saturated carbocycles. The Hall–Kier alpha value is -1.48. The lowest BCUT2D eigenvalue weighted by Gasteiger charge is -2.11. The molecule has 17 heavy (non-hydrogen) atoms. The van der Waals surface area contributed by atoms with Crippen molar-refractivity contribution < 1.29 is 9.84 Å². The topological polar surface area (TPSA) is 34.4 Å². The van der Waals surface area contributed by atoms with Crippen LogP contribution < -0.4 is 4.74 Å². The summed E-state index contributed by atoms with van der Waals surface area (Å²) in [6.45, 7) is 4.80. The number of aryl methyl sites for hydroxylation is 1. The van der Waals surface area contributed by atoms with Gasteiger partial charge >= 0.3 is 0 Å². The molecule has 3 nitrogen and oxygen atoms in total. The number of para-hydroxylation sites is 1. The predicted octanol–water partition coefficient (Wildman–Crippen LogP) is 2.59. The van der Waals surface area contributed by atoms with E-state index in [9.17, 15) is 5.11 Å². The zero-order chi connectivity index (χ0) is 12.4. The molecule has 1 heterocycles. The molecule has 2 rings (SSSR count). The Bertz CT molecular complexity index is 514. The van der Waals surface area contributed by atoms with Gasteiger partial charge in [-0.1, -0.05) is 12.1 Å². The number of methoxy groups -OCH3 is 1. The number of hydrogen-bond donors (Lipinski definition) is 1. The largest absolute Gasteiger partial charge is 0.495 e. The van der Waals surface area contributed by atoms with Crippen LogP contribution in [-0.4, -0.2) is 22.9 Å². The number of aromatic nitrogens is 1. The van der Waals surface area contributed by atoms with E-state index in [1.54, 1.807) is 7.11 Å². The molecule has 0 aliphatic carbocycles.